The highest BCUT2D eigenvalue weighted by atomic mass is 79.9. The van der Waals surface area contributed by atoms with Crippen LogP contribution in [0.3, 0.4) is 0 Å². The van der Waals surface area contributed by atoms with E-state index in [4.69, 9.17) is 0 Å². The Morgan fingerprint density at radius 2 is 1.62 bits per heavy atom. The molecule has 0 aliphatic rings. The van der Waals surface area contributed by atoms with Crippen LogP contribution in [0.15, 0.2) is 77.5 Å². The van der Waals surface area contributed by atoms with E-state index in [1.807, 2.05) is 30.3 Å². The van der Waals surface area contributed by atoms with Gasteiger partial charge < -0.3 is 17.0 Å². The van der Waals surface area contributed by atoms with E-state index in [9.17, 15) is 4.79 Å². The largest absolute Gasteiger partial charge is 1.00 e. The molecule has 0 bridgehead atoms. The molecule has 0 atom stereocenters. The molecule has 0 N–H and O–H groups in total. The number of imidazole rings is 1. The van der Waals surface area contributed by atoms with Gasteiger partial charge in [0, 0.05) is 10.0 Å². The minimum atomic E-state index is 0. The molecule has 5 heteroatoms. The number of ketones is 1. The molecule has 0 amide bonds. The van der Waals surface area contributed by atoms with Gasteiger partial charge >= 0.3 is 0 Å². The highest BCUT2D eigenvalue weighted by Gasteiger charge is 2.20. The Morgan fingerprint density at radius 3 is 2.31 bits per heavy atom. The summed E-state index contributed by atoms with van der Waals surface area (Å²) < 4.78 is 5.27. The molecule has 0 saturated carbocycles. The van der Waals surface area contributed by atoms with Crippen molar-refractivity contribution in [3.05, 3.63) is 99.8 Å². The van der Waals surface area contributed by atoms with E-state index >= 15 is 0 Å². The molecule has 0 radical (unpaired) electrons. The predicted octanol–water partition coefficient (Wildman–Crippen LogP) is 2.24. The van der Waals surface area contributed by atoms with E-state index in [0.29, 0.717) is 6.54 Å². The van der Waals surface area contributed by atoms with E-state index in [1.165, 1.54) is 16.7 Å². The third-order valence-electron chi connectivity index (χ3n) is 5.16. The molecule has 0 aliphatic heterocycles. The first-order chi connectivity index (χ1) is 13.5. The number of carbonyl (C=O) groups excluding carboxylic acids is 1. The maximum atomic E-state index is 12.8. The second-order valence-corrected chi connectivity index (χ2v) is 8.13. The molecule has 4 rings (SSSR count). The zero-order valence-electron chi connectivity index (χ0n) is 16.4. The number of halogens is 2. The third-order valence-corrected chi connectivity index (χ3v) is 5.69. The summed E-state index contributed by atoms with van der Waals surface area (Å²) in [4.78, 5) is 12.8. The summed E-state index contributed by atoms with van der Waals surface area (Å²) in [5, 5.41) is 0. The normalized spacial score (nSPS) is 10.7. The quantitative estimate of drug-likeness (QED) is 0.297. The lowest BCUT2D eigenvalue weighted by Gasteiger charge is -2.02. The van der Waals surface area contributed by atoms with Crippen LogP contribution in [0.4, 0.5) is 0 Å². The summed E-state index contributed by atoms with van der Waals surface area (Å²) in [5.74, 6) is 0.106. The fourth-order valence-electron chi connectivity index (χ4n) is 3.45. The number of aryl methyl sites for hydroxylation is 2. The monoisotopic (exact) mass is 512 g/mol. The van der Waals surface area contributed by atoms with Crippen LogP contribution < -0.4 is 21.5 Å². The van der Waals surface area contributed by atoms with Crippen LogP contribution in [0.5, 0.6) is 0 Å². The Kier molecular flexibility index (Phi) is 6.70. The van der Waals surface area contributed by atoms with Gasteiger partial charge in [-0.25, -0.2) is 9.13 Å². The van der Waals surface area contributed by atoms with Gasteiger partial charge in [0.2, 0.25) is 12.1 Å². The molecule has 1 aromatic heterocycles. The van der Waals surface area contributed by atoms with Crippen molar-refractivity contribution in [3.8, 4) is 0 Å². The van der Waals surface area contributed by atoms with Crippen LogP contribution in [-0.2, 0) is 13.1 Å². The number of hydrogen-bond acceptors (Lipinski definition) is 1. The molecule has 0 fully saturated rings. The number of hydrogen-bond donors (Lipinski definition) is 0. The zero-order valence-corrected chi connectivity index (χ0v) is 19.6. The lowest BCUT2D eigenvalue weighted by molar-refractivity contribution is -0.663. The van der Waals surface area contributed by atoms with E-state index < -0.39 is 0 Å². The van der Waals surface area contributed by atoms with Crippen LogP contribution >= 0.6 is 15.9 Å². The zero-order chi connectivity index (χ0) is 19.7. The SMILES string of the molecule is Cc1cc2c(cc1C)[n+](Cc1ccccc1)cn2CC(=O)c1ccc(Br)cc1.[Br-]. The maximum Gasteiger partial charge on any atom is 0.245 e. The van der Waals surface area contributed by atoms with E-state index in [-0.39, 0.29) is 22.8 Å². The average molecular weight is 514 g/mol. The Labute approximate surface area is 189 Å². The second-order valence-electron chi connectivity index (χ2n) is 7.21. The van der Waals surface area contributed by atoms with Crippen molar-refractivity contribution in [2.45, 2.75) is 26.9 Å². The standard InChI is InChI=1S/C24H22BrN2O.BrH/c1-17-12-22-23(13-18(17)2)27(15-24(28)20-8-10-21(25)11-9-20)16-26(22)14-19-6-4-3-5-7-19;/h3-13,16H,14-15H2,1-2H3;1H/q+1;/p-1. The van der Waals surface area contributed by atoms with Crippen LogP contribution in [0.1, 0.15) is 27.0 Å². The van der Waals surface area contributed by atoms with Gasteiger partial charge in [-0.1, -0.05) is 58.4 Å². The van der Waals surface area contributed by atoms with Gasteiger partial charge in [-0.2, -0.15) is 0 Å². The van der Waals surface area contributed by atoms with Crippen molar-refractivity contribution in [2.24, 2.45) is 0 Å². The molecular weight excluding hydrogens is 492 g/mol. The molecule has 0 spiro atoms. The minimum absolute atomic E-state index is 0. The van der Waals surface area contributed by atoms with Crippen molar-refractivity contribution >= 4 is 32.7 Å². The van der Waals surface area contributed by atoms with Crippen LogP contribution in [0.2, 0.25) is 0 Å². The topological polar surface area (TPSA) is 25.9 Å². The Hall–Kier alpha value is -2.24. The number of fused-ring (bicyclic) bond motifs is 1. The number of aromatic nitrogens is 2. The smallest absolute Gasteiger partial charge is 0.245 e. The van der Waals surface area contributed by atoms with Gasteiger partial charge in [0.15, 0.2) is 17.6 Å². The highest BCUT2D eigenvalue weighted by molar-refractivity contribution is 9.10. The summed E-state index contributed by atoms with van der Waals surface area (Å²) in [7, 11) is 0. The van der Waals surface area contributed by atoms with Crippen molar-refractivity contribution in [1.82, 2.24) is 4.57 Å². The van der Waals surface area contributed by atoms with Gasteiger partial charge in [-0.15, -0.1) is 0 Å². The molecule has 3 nitrogen and oxygen atoms in total. The van der Waals surface area contributed by atoms with Gasteiger partial charge in [0.1, 0.15) is 6.54 Å². The molecule has 4 aromatic rings. The number of rotatable bonds is 5. The number of nitrogens with zero attached hydrogens (tertiary/aromatic N) is 2. The van der Waals surface area contributed by atoms with Gasteiger partial charge in [0.25, 0.3) is 0 Å². The third kappa shape index (κ3) is 4.68. The van der Waals surface area contributed by atoms with E-state index in [1.54, 1.807) is 0 Å². The predicted molar refractivity (Wildman–Crippen MR) is 116 cm³/mol. The first-order valence-corrected chi connectivity index (χ1v) is 10.1. The number of carbonyl (C=O) groups is 1. The van der Waals surface area contributed by atoms with Crippen molar-refractivity contribution in [2.75, 3.05) is 0 Å². The van der Waals surface area contributed by atoms with E-state index in [2.05, 4.69) is 81.6 Å². The van der Waals surface area contributed by atoms with Gasteiger partial charge in [-0.3, -0.25) is 4.79 Å². The first kappa shape index (κ1) is 21.5. The van der Waals surface area contributed by atoms with Crippen molar-refractivity contribution in [3.63, 3.8) is 0 Å². The fourth-order valence-corrected chi connectivity index (χ4v) is 3.72. The molecule has 0 saturated heterocycles. The molecule has 0 aliphatic carbocycles. The first-order valence-electron chi connectivity index (χ1n) is 9.33. The maximum absolute atomic E-state index is 12.8. The molecular formula is C24H22Br2N2O. The molecule has 3 aromatic carbocycles. The summed E-state index contributed by atoms with van der Waals surface area (Å²) in [5.41, 5.74) is 6.69. The Bertz CT molecular complexity index is 1150. The summed E-state index contributed by atoms with van der Waals surface area (Å²) in [6.45, 7) is 5.35. The molecule has 148 valence electrons. The van der Waals surface area contributed by atoms with Crippen LogP contribution in [-0.4, -0.2) is 10.4 Å². The summed E-state index contributed by atoms with van der Waals surface area (Å²) >= 11 is 3.42. The van der Waals surface area contributed by atoms with Gasteiger partial charge in [0.05, 0.1) is 0 Å². The summed E-state index contributed by atoms with van der Waals surface area (Å²) in [6, 6.07) is 22.3. The molecule has 1 heterocycles. The van der Waals surface area contributed by atoms with Crippen LogP contribution in [0.25, 0.3) is 11.0 Å². The number of Topliss-reactive ketones (excluding diaryl/α,β-unsaturated/α-hetero) is 1. The minimum Gasteiger partial charge on any atom is -1.00 e. The van der Waals surface area contributed by atoms with Gasteiger partial charge in [-0.05, 0) is 54.8 Å². The van der Waals surface area contributed by atoms with Crippen molar-refractivity contribution < 1.29 is 26.3 Å². The van der Waals surface area contributed by atoms with Crippen molar-refractivity contribution in [1.29, 1.82) is 0 Å². The van der Waals surface area contributed by atoms with Crippen LogP contribution in [0, 0.1) is 13.8 Å². The van der Waals surface area contributed by atoms with E-state index in [0.717, 1.165) is 27.6 Å². The average Bonchev–Trinajstić information content (AvgIpc) is 2.99. The number of benzene rings is 3. The Morgan fingerprint density at radius 1 is 0.966 bits per heavy atom. The molecule has 0 unspecified atom stereocenters. The lowest BCUT2D eigenvalue weighted by atomic mass is 10.1. The summed E-state index contributed by atoms with van der Waals surface area (Å²) in [6.07, 6.45) is 2.06. The highest BCUT2D eigenvalue weighted by Crippen LogP contribution is 2.19. The lowest BCUT2D eigenvalue weighted by Crippen LogP contribution is -3.00. The Balaban J connectivity index is 0.00000240. The second kappa shape index (κ2) is 9.06. The molecule has 29 heavy (non-hydrogen) atoms. The fraction of sp³-hybridized carbons (Fsp3) is 0.167.